The highest BCUT2D eigenvalue weighted by Gasteiger charge is 2.36. The molecule has 3 aromatic rings. The Morgan fingerprint density at radius 1 is 1.28 bits per heavy atom. The van der Waals surface area contributed by atoms with Gasteiger partial charge in [0.25, 0.3) is 5.91 Å². The molecule has 3 nitrogen and oxygen atoms in total. The molecule has 0 saturated carbocycles. The molecule has 2 heterocycles. The molecule has 126 valence electrons. The van der Waals surface area contributed by atoms with Gasteiger partial charge in [-0.3, -0.25) is 9.36 Å². The second-order valence-corrected chi connectivity index (χ2v) is 6.17. The molecule has 1 aromatic carbocycles. The van der Waals surface area contributed by atoms with Gasteiger partial charge < -0.3 is 0 Å². The van der Waals surface area contributed by atoms with Gasteiger partial charge in [0.2, 0.25) is 0 Å². The highest BCUT2D eigenvalue weighted by atomic mass is 32.1. The van der Waals surface area contributed by atoms with E-state index in [1.54, 1.807) is 19.1 Å². The molecular weight excluding hydrogens is 349 g/mol. The lowest BCUT2D eigenvalue weighted by atomic mass is 10.0. The number of hydrogen-bond donors (Lipinski definition) is 0. The van der Waals surface area contributed by atoms with E-state index in [-0.39, 0.29) is 17.0 Å². The van der Waals surface area contributed by atoms with Crippen molar-refractivity contribution in [1.82, 2.24) is 4.57 Å². The van der Waals surface area contributed by atoms with E-state index < -0.39 is 11.1 Å². The van der Waals surface area contributed by atoms with Crippen molar-refractivity contribution in [3.63, 3.8) is 0 Å². The second kappa shape index (κ2) is 6.22. The largest absolute Gasteiger partial charge is 0.426 e. The molecule has 0 aliphatic carbocycles. The number of benzene rings is 1. The predicted molar refractivity (Wildman–Crippen MR) is 90.4 cm³/mol. The first-order valence-corrected chi connectivity index (χ1v) is 8.12. The summed E-state index contributed by atoms with van der Waals surface area (Å²) in [5.74, 6) is -0.368. The van der Waals surface area contributed by atoms with Crippen LogP contribution in [0.5, 0.6) is 0 Å². The third-order valence-electron chi connectivity index (χ3n) is 3.69. The zero-order chi connectivity index (χ0) is 18.2. The molecule has 0 unspecified atom stereocenters. The van der Waals surface area contributed by atoms with Gasteiger partial charge >= 0.3 is 6.18 Å². The Balaban J connectivity index is 2.34. The summed E-state index contributed by atoms with van der Waals surface area (Å²) < 4.78 is 41.1. The van der Waals surface area contributed by atoms with Gasteiger partial charge in [-0.1, -0.05) is 6.08 Å². The number of carbonyl (C=O) groups excluding carboxylic acids is 1. The molecule has 0 saturated heterocycles. The van der Waals surface area contributed by atoms with Gasteiger partial charge in [-0.2, -0.15) is 18.4 Å². The Labute approximate surface area is 145 Å². The van der Waals surface area contributed by atoms with Crippen LogP contribution in [0.4, 0.5) is 13.2 Å². The number of halogens is 3. The maximum atomic E-state index is 13.3. The summed E-state index contributed by atoms with van der Waals surface area (Å²) in [5, 5.41) is 10.9. The third kappa shape index (κ3) is 2.96. The third-order valence-corrected chi connectivity index (χ3v) is 4.65. The summed E-state index contributed by atoms with van der Waals surface area (Å²) in [6.07, 6.45) is -0.202. The lowest BCUT2D eigenvalue weighted by molar-refractivity contribution is -0.133. The normalized spacial score (nSPS) is 12.0. The summed E-state index contributed by atoms with van der Waals surface area (Å²) in [5.41, 5.74) is 1.05. The number of alkyl halides is 3. The number of thiophene rings is 1. The van der Waals surface area contributed by atoms with Crippen molar-refractivity contribution in [3.8, 4) is 17.2 Å². The second-order valence-electron chi connectivity index (χ2n) is 5.26. The summed E-state index contributed by atoms with van der Waals surface area (Å²) in [4.78, 5) is 11.5. The summed E-state index contributed by atoms with van der Waals surface area (Å²) in [6, 6.07) is 7.95. The van der Waals surface area contributed by atoms with Gasteiger partial charge in [0.1, 0.15) is 4.88 Å². The first kappa shape index (κ1) is 17.0. The number of allylic oxidation sites excluding steroid dienone is 2. The van der Waals surface area contributed by atoms with Crippen LogP contribution in [0.1, 0.15) is 22.2 Å². The Bertz CT molecular complexity index is 1030. The SMILES string of the molecule is C/C=C/C(=O)n1cc(-c2ccsc2C(F)(F)F)c2cc(C#N)ccc21. The molecule has 0 spiro atoms. The fraction of sp³-hybridized carbons (Fsp3) is 0.111. The Morgan fingerprint density at radius 2 is 2.04 bits per heavy atom. The van der Waals surface area contributed by atoms with Crippen LogP contribution in [-0.4, -0.2) is 10.5 Å². The smallest absolute Gasteiger partial charge is 0.283 e. The number of aromatic nitrogens is 1. The zero-order valence-electron chi connectivity index (χ0n) is 13.0. The number of rotatable bonds is 2. The molecule has 0 bridgehead atoms. The van der Waals surface area contributed by atoms with E-state index in [0.29, 0.717) is 27.8 Å². The van der Waals surface area contributed by atoms with Gasteiger partial charge in [0, 0.05) is 22.7 Å². The molecule has 0 aliphatic heterocycles. The standard InChI is InChI=1S/C18H11F3N2OS/c1-2-3-16(24)23-10-14(12-6-7-25-17(12)18(19,20)21)13-8-11(9-22)4-5-15(13)23/h2-8,10H,1H3/b3-2+. The van der Waals surface area contributed by atoms with E-state index in [1.807, 2.05) is 6.07 Å². The van der Waals surface area contributed by atoms with Crippen LogP contribution in [-0.2, 0) is 6.18 Å². The highest BCUT2D eigenvalue weighted by molar-refractivity contribution is 7.10. The van der Waals surface area contributed by atoms with Crippen molar-refractivity contribution in [2.75, 3.05) is 0 Å². The van der Waals surface area contributed by atoms with E-state index in [4.69, 9.17) is 5.26 Å². The van der Waals surface area contributed by atoms with Crippen LogP contribution in [0.3, 0.4) is 0 Å². The Morgan fingerprint density at radius 3 is 2.68 bits per heavy atom. The summed E-state index contributed by atoms with van der Waals surface area (Å²) in [6.45, 7) is 1.68. The summed E-state index contributed by atoms with van der Waals surface area (Å²) in [7, 11) is 0. The van der Waals surface area contributed by atoms with Crippen molar-refractivity contribution < 1.29 is 18.0 Å². The topological polar surface area (TPSA) is 45.8 Å². The molecule has 0 radical (unpaired) electrons. The number of nitrogens with zero attached hydrogens (tertiary/aromatic N) is 2. The van der Waals surface area contributed by atoms with Gasteiger partial charge in [0.05, 0.1) is 17.1 Å². The fourth-order valence-electron chi connectivity index (χ4n) is 2.66. The zero-order valence-corrected chi connectivity index (χ0v) is 13.8. The maximum Gasteiger partial charge on any atom is 0.426 e. The van der Waals surface area contributed by atoms with E-state index >= 15 is 0 Å². The van der Waals surface area contributed by atoms with Gasteiger partial charge in [-0.15, -0.1) is 11.3 Å². The average molecular weight is 360 g/mol. The molecule has 0 aliphatic rings. The van der Waals surface area contributed by atoms with Crippen LogP contribution in [0.15, 0.2) is 48.0 Å². The maximum absolute atomic E-state index is 13.3. The molecule has 0 amide bonds. The Hall–Kier alpha value is -2.85. The van der Waals surface area contributed by atoms with E-state index in [0.717, 1.165) is 0 Å². The van der Waals surface area contributed by atoms with Crippen LogP contribution in [0, 0.1) is 11.3 Å². The van der Waals surface area contributed by atoms with Crippen LogP contribution in [0.25, 0.3) is 22.0 Å². The van der Waals surface area contributed by atoms with Gasteiger partial charge in [-0.25, -0.2) is 0 Å². The van der Waals surface area contributed by atoms with Gasteiger partial charge in [0.15, 0.2) is 0 Å². The molecule has 25 heavy (non-hydrogen) atoms. The monoisotopic (exact) mass is 360 g/mol. The average Bonchev–Trinajstić information content (AvgIpc) is 3.18. The van der Waals surface area contributed by atoms with Crippen molar-refractivity contribution >= 4 is 28.1 Å². The first-order valence-electron chi connectivity index (χ1n) is 7.24. The fourth-order valence-corrected chi connectivity index (χ4v) is 3.44. The van der Waals surface area contributed by atoms with Crippen LogP contribution >= 0.6 is 11.3 Å². The van der Waals surface area contributed by atoms with E-state index in [1.165, 1.54) is 40.4 Å². The van der Waals surface area contributed by atoms with Crippen molar-refractivity contribution in [1.29, 1.82) is 5.26 Å². The number of hydrogen-bond acceptors (Lipinski definition) is 3. The van der Waals surface area contributed by atoms with Crippen molar-refractivity contribution in [3.05, 3.63) is 58.4 Å². The van der Waals surface area contributed by atoms with E-state index in [9.17, 15) is 18.0 Å². The quantitative estimate of drug-likeness (QED) is 0.568. The Kier molecular flexibility index (Phi) is 4.23. The number of nitriles is 1. The summed E-state index contributed by atoms with van der Waals surface area (Å²) >= 11 is 0.600. The van der Waals surface area contributed by atoms with Crippen molar-refractivity contribution in [2.45, 2.75) is 13.1 Å². The molecule has 0 atom stereocenters. The van der Waals surface area contributed by atoms with Crippen LogP contribution < -0.4 is 0 Å². The minimum absolute atomic E-state index is 0.00428. The van der Waals surface area contributed by atoms with E-state index in [2.05, 4.69) is 0 Å². The molecule has 7 heteroatoms. The number of fused-ring (bicyclic) bond motifs is 1. The predicted octanol–water partition coefficient (Wildman–Crippen LogP) is 5.48. The van der Waals surface area contributed by atoms with Gasteiger partial charge in [-0.05, 0) is 42.6 Å². The van der Waals surface area contributed by atoms with Crippen LogP contribution in [0.2, 0.25) is 0 Å². The molecular formula is C18H11F3N2OS. The molecule has 2 aromatic heterocycles. The molecule has 0 N–H and O–H groups in total. The van der Waals surface area contributed by atoms with Crippen molar-refractivity contribution in [2.24, 2.45) is 0 Å². The molecule has 3 rings (SSSR count). The minimum Gasteiger partial charge on any atom is -0.283 e. The number of carbonyl (C=O) groups is 1. The minimum atomic E-state index is -4.49. The molecule has 0 fully saturated rings. The lowest BCUT2D eigenvalue weighted by Gasteiger charge is -2.06. The first-order chi connectivity index (χ1) is 11.9. The lowest BCUT2D eigenvalue weighted by Crippen LogP contribution is -2.05. The highest BCUT2D eigenvalue weighted by Crippen LogP contribution is 2.43.